The standard InChI is InChI=1S/C8H12N3S/c9-8(10)12-7-6-11-4-2-1-3-5-11/h1-5H,6-7H2,(H3,9,10)/q+1. The molecule has 0 fully saturated rings. The molecule has 0 aromatic carbocycles. The van der Waals surface area contributed by atoms with E-state index in [0.717, 1.165) is 12.3 Å². The van der Waals surface area contributed by atoms with E-state index in [0.29, 0.717) is 0 Å². The largest absolute Gasteiger partial charge is 0.379 e. The molecule has 0 aliphatic rings. The van der Waals surface area contributed by atoms with E-state index in [-0.39, 0.29) is 5.17 Å². The van der Waals surface area contributed by atoms with Gasteiger partial charge in [-0.2, -0.15) is 0 Å². The van der Waals surface area contributed by atoms with Gasteiger partial charge in [-0.3, -0.25) is 5.41 Å². The van der Waals surface area contributed by atoms with E-state index >= 15 is 0 Å². The zero-order valence-electron chi connectivity index (χ0n) is 6.73. The molecule has 0 spiro atoms. The van der Waals surface area contributed by atoms with Crippen molar-refractivity contribution in [1.29, 1.82) is 5.41 Å². The number of aryl methyl sites for hydroxylation is 1. The number of nitrogens with two attached hydrogens (primary N) is 1. The molecule has 0 amide bonds. The fourth-order valence-corrected chi connectivity index (χ4v) is 1.37. The Morgan fingerprint density at radius 1 is 1.33 bits per heavy atom. The molecule has 4 heteroatoms. The molecule has 1 heterocycles. The molecule has 0 saturated heterocycles. The zero-order chi connectivity index (χ0) is 8.81. The zero-order valence-corrected chi connectivity index (χ0v) is 7.55. The molecule has 0 saturated carbocycles. The van der Waals surface area contributed by atoms with E-state index < -0.39 is 0 Å². The van der Waals surface area contributed by atoms with Crippen molar-refractivity contribution in [2.24, 2.45) is 5.73 Å². The van der Waals surface area contributed by atoms with Crippen LogP contribution in [0.3, 0.4) is 0 Å². The summed E-state index contributed by atoms with van der Waals surface area (Å²) in [6, 6.07) is 5.95. The van der Waals surface area contributed by atoms with Crippen molar-refractivity contribution in [3.05, 3.63) is 30.6 Å². The second-order valence-electron chi connectivity index (χ2n) is 2.33. The molecule has 0 aliphatic carbocycles. The highest BCUT2D eigenvalue weighted by molar-refractivity contribution is 8.13. The monoisotopic (exact) mass is 182 g/mol. The Balaban J connectivity index is 2.29. The van der Waals surface area contributed by atoms with Crippen molar-refractivity contribution in [3.63, 3.8) is 0 Å². The van der Waals surface area contributed by atoms with Crippen LogP contribution in [0.5, 0.6) is 0 Å². The topological polar surface area (TPSA) is 53.8 Å². The number of aromatic nitrogens is 1. The summed E-state index contributed by atoms with van der Waals surface area (Å²) in [5.74, 6) is 0.851. The molecule has 3 N–H and O–H groups in total. The number of hydrogen-bond acceptors (Lipinski definition) is 2. The summed E-state index contributed by atoms with van der Waals surface area (Å²) in [6.45, 7) is 0.894. The quantitative estimate of drug-likeness (QED) is 0.408. The summed E-state index contributed by atoms with van der Waals surface area (Å²) in [5.41, 5.74) is 5.19. The summed E-state index contributed by atoms with van der Waals surface area (Å²) >= 11 is 1.37. The molecular weight excluding hydrogens is 170 g/mol. The van der Waals surface area contributed by atoms with Crippen molar-refractivity contribution in [2.75, 3.05) is 5.75 Å². The van der Waals surface area contributed by atoms with Gasteiger partial charge in [-0.05, 0) is 0 Å². The summed E-state index contributed by atoms with van der Waals surface area (Å²) in [5, 5.41) is 7.18. The average molecular weight is 182 g/mol. The number of hydrogen-bond donors (Lipinski definition) is 2. The van der Waals surface area contributed by atoms with Gasteiger partial charge in [0.05, 0.1) is 5.75 Å². The van der Waals surface area contributed by atoms with Gasteiger partial charge in [-0.1, -0.05) is 17.8 Å². The Hall–Kier alpha value is -1.03. The smallest absolute Gasteiger partial charge is 0.168 e. The van der Waals surface area contributed by atoms with Crippen LogP contribution in [0.4, 0.5) is 0 Å². The van der Waals surface area contributed by atoms with Gasteiger partial charge in [0.1, 0.15) is 0 Å². The summed E-state index contributed by atoms with van der Waals surface area (Å²) in [6.07, 6.45) is 4.00. The maximum atomic E-state index is 6.99. The SMILES string of the molecule is N=C(N)SCC[n+]1ccccc1. The first-order chi connectivity index (χ1) is 5.79. The minimum Gasteiger partial charge on any atom is -0.379 e. The number of rotatable bonds is 3. The van der Waals surface area contributed by atoms with E-state index in [1.54, 1.807) is 0 Å². The molecule has 12 heavy (non-hydrogen) atoms. The first-order valence-electron chi connectivity index (χ1n) is 3.70. The van der Waals surface area contributed by atoms with Crippen molar-refractivity contribution >= 4 is 16.9 Å². The molecule has 1 rings (SSSR count). The normalized spacial score (nSPS) is 9.67. The first kappa shape index (κ1) is 9.06. The summed E-state index contributed by atoms with van der Waals surface area (Å²) < 4.78 is 2.07. The molecule has 1 aromatic rings. The van der Waals surface area contributed by atoms with Crippen molar-refractivity contribution in [3.8, 4) is 0 Å². The van der Waals surface area contributed by atoms with Crippen molar-refractivity contribution < 1.29 is 4.57 Å². The molecule has 0 aliphatic heterocycles. The predicted octanol–water partition coefficient (Wildman–Crippen LogP) is 0.601. The minimum atomic E-state index is 0.187. The number of amidine groups is 1. The van der Waals surface area contributed by atoms with Crippen LogP contribution in [-0.2, 0) is 6.54 Å². The number of nitrogens with zero attached hydrogens (tertiary/aromatic N) is 1. The second kappa shape index (κ2) is 4.77. The van der Waals surface area contributed by atoms with Crippen LogP contribution in [-0.4, -0.2) is 10.9 Å². The highest BCUT2D eigenvalue weighted by Crippen LogP contribution is 1.95. The summed E-state index contributed by atoms with van der Waals surface area (Å²) in [7, 11) is 0. The van der Waals surface area contributed by atoms with Crippen molar-refractivity contribution in [2.45, 2.75) is 6.54 Å². The Morgan fingerprint density at radius 3 is 2.58 bits per heavy atom. The van der Waals surface area contributed by atoms with E-state index in [4.69, 9.17) is 11.1 Å². The number of nitrogens with one attached hydrogen (secondary N) is 1. The third-order valence-electron chi connectivity index (χ3n) is 1.38. The van der Waals surface area contributed by atoms with Gasteiger partial charge in [0.2, 0.25) is 0 Å². The Kier molecular flexibility index (Phi) is 3.60. The lowest BCUT2D eigenvalue weighted by molar-refractivity contribution is -0.692. The van der Waals surface area contributed by atoms with Crippen LogP contribution in [0.1, 0.15) is 0 Å². The van der Waals surface area contributed by atoms with Gasteiger partial charge >= 0.3 is 0 Å². The Morgan fingerprint density at radius 2 is 2.00 bits per heavy atom. The lowest BCUT2D eigenvalue weighted by Gasteiger charge is -1.95. The minimum absolute atomic E-state index is 0.187. The maximum absolute atomic E-state index is 6.99. The first-order valence-corrected chi connectivity index (χ1v) is 4.68. The van der Waals surface area contributed by atoms with Crippen LogP contribution in [0.15, 0.2) is 30.6 Å². The lowest BCUT2D eigenvalue weighted by Crippen LogP contribution is -2.33. The third-order valence-corrected chi connectivity index (χ3v) is 2.08. The molecule has 0 radical (unpaired) electrons. The van der Waals surface area contributed by atoms with Crippen LogP contribution in [0, 0.1) is 5.41 Å². The Bertz CT molecular complexity index is 248. The molecular formula is C8H12N3S+. The molecule has 0 atom stereocenters. The van der Waals surface area contributed by atoms with Gasteiger partial charge in [-0.25, -0.2) is 4.57 Å². The maximum Gasteiger partial charge on any atom is 0.168 e. The highest BCUT2D eigenvalue weighted by Gasteiger charge is 1.98. The Labute approximate surface area is 76.1 Å². The molecule has 0 unspecified atom stereocenters. The molecule has 0 bridgehead atoms. The second-order valence-corrected chi connectivity index (χ2v) is 3.46. The fraction of sp³-hybridized carbons (Fsp3) is 0.250. The van der Waals surface area contributed by atoms with Gasteiger partial charge < -0.3 is 5.73 Å². The molecule has 64 valence electrons. The fourth-order valence-electron chi connectivity index (χ4n) is 0.844. The van der Waals surface area contributed by atoms with Gasteiger partial charge in [0.15, 0.2) is 24.1 Å². The van der Waals surface area contributed by atoms with E-state index in [1.165, 1.54) is 11.8 Å². The van der Waals surface area contributed by atoms with E-state index in [2.05, 4.69) is 4.57 Å². The number of pyridine rings is 1. The number of thioether (sulfide) groups is 1. The highest BCUT2D eigenvalue weighted by atomic mass is 32.2. The van der Waals surface area contributed by atoms with Crippen LogP contribution in [0.2, 0.25) is 0 Å². The van der Waals surface area contributed by atoms with E-state index in [1.807, 2.05) is 30.6 Å². The van der Waals surface area contributed by atoms with Gasteiger partial charge in [0, 0.05) is 12.1 Å². The lowest BCUT2D eigenvalue weighted by atomic mass is 10.5. The van der Waals surface area contributed by atoms with Crippen LogP contribution >= 0.6 is 11.8 Å². The van der Waals surface area contributed by atoms with Crippen LogP contribution < -0.4 is 10.3 Å². The van der Waals surface area contributed by atoms with Crippen LogP contribution in [0.25, 0.3) is 0 Å². The van der Waals surface area contributed by atoms with Gasteiger partial charge in [-0.15, -0.1) is 0 Å². The van der Waals surface area contributed by atoms with Gasteiger partial charge in [0.25, 0.3) is 0 Å². The third kappa shape index (κ3) is 3.39. The molecule has 1 aromatic heterocycles. The predicted molar refractivity (Wildman–Crippen MR) is 51.0 cm³/mol. The van der Waals surface area contributed by atoms with E-state index in [9.17, 15) is 0 Å². The summed E-state index contributed by atoms with van der Waals surface area (Å²) in [4.78, 5) is 0. The van der Waals surface area contributed by atoms with Crippen molar-refractivity contribution in [1.82, 2.24) is 0 Å². The molecule has 3 nitrogen and oxygen atoms in total. The average Bonchev–Trinajstić information content (AvgIpc) is 2.05.